The highest BCUT2D eigenvalue weighted by Crippen LogP contribution is 2.28. The van der Waals surface area contributed by atoms with E-state index in [-0.39, 0.29) is 5.69 Å². The second kappa shape index (κ2) is 6.52. The summed E-state index contributed by atoms with van der Waals surface area (Å²) in [5.41, 5.74) is 1.03. The topological polar surface area (TPSA) is 49.8 Å². The molecule has 2 rings (SSSR count). The minimum absolute atomic E-state index is 0.220. The van der Waals surface area contributed by atoms with Crippen molar-refractivity contribution in [1.29, 1.82) is 0 Å². The van der Waals surface area contributed by atoms with Crippen LogP contribution in [0.1, 0.15) is 18.9 Å². The summed E-state index contributed by atoms with van der Waals surface area (Å²) < 4.78 is 13.8. The third kappa shape index (κ3) is 3.36. The van der Waals surface area contributed by atoms with Crippen molar-refractivity contribution in [2.45, 2.75) is 20.3 Å². The normalized spacial score (nSPS) is 10.4. The van der Waals surface area contributed by atoms with Crippen LogP contribution in [0.3, 0.4) is 0 Å². The lowest BCUT2D eigenvalue weighted by Gasteiger charge is -2.12. The largest absolute Gasteiger partial charge is 0.354 e. The SMILES string of the molecule is CCCNc1ncc(C)c(Nc2c(F)cccc2Cl)n1. The standard InChI is InChI=1S/C14H16ClFN4/c1-3-7-17-14-18-8-9(2)13(20-14)19-12-10(15)5-4-6-11(12)16/h4-6,8H,3,7H2,1-2H3,(H2,17,18,19,20). The molecule has 0 saturated carbocycles. The monoisotopic (exact) mass is 294 g/mol. The van der Waals surface area contributed by atoms with Crippen LogP contribution in [0.5, 0.6) is 0 Å². The van der Waals surface area contributed by atoms with Crippen molar-refractivity contribution in [2.24, 2.45) is 0 Å². The second-order valence-corrected chi connectivity index (χ2v) is 4.78. The van der Waals surface area contributed by atoms with Gasteiger partial charge in [0.15, 0.2) is 0 Å². The quantitative estimate of drug-likeness (QED) is 0.870. The zero-order valence-electron chi connectivity index (χ0n) is 11.4. The van der Waals surface area contributed by atoms with E-state index in [9.17, 15) is 4.39 Å². The Balaban J connectivity index is 2.28. The van der Waals surface area contributed by atoms with Crippen LogP contribution >= 0.6 is 11.6 Å². The maximum absolute atomic E-state index is 13.8. The van der Waals surface area contributed by atoms with E-state index >= 15 is 0 Å². The van der Waals surface area contributed by atoms with Gasteiger partial charge in [-0.1, -0.05) is 24.6 Å². The number of aryl methyl sites for hydroxylation is 1. The number of rotatable bonds is 5. The van der Waals surface area contributed by atoms with Gasteiger partial charge in [0.1, 0.15) is 11.6 Å². The van der Waals surface area contributed by atoms with E-state index in [1.807, 2.05) is 6.92 Å². The third-order valence-corrected chi connectivity index (χ3v) is 3.03. The number of nitrogens with zero attached hydrogens (tertiary/aromatic N) is 2. The zero-order chi connectivity index (χ0) is 14.5. The lowest BCUT2D eigenvalue weighted by molar-refractivity contribution is 0.632. The number of benzene rings is 1. The first kappa shape index (κ1) is 14.5. The van der Waals surface area contributed by atoms with Gasteiger partial charge in [0.25, 0.3) is 0 Å². The smallest absolute Gasteiger partial charge is 0.224 e. The van der Waals surface area contributed by atoms with Crippen LogP contribution in [0.25, 0.3) is 0 Å². The summed E-state index contributed by atoms with van der Waals surface area (Å²) in [6.45, 7) is 4.68. The Morgan fingerprint density at radius 3 is 2.85 bits per heavy atom. The van der Waals surface area contributed by atoms with Crippen molar-refractivity contribution in [3.05, 3.63) is 40.8 Å². The molecule has 1 aromatic heterocycles. The Hall–Kier alpha value is -1.88. The van der Waals surface area contributed by atoms with Gasteiger partial charge in [0, 0.05) is 18.3 Å². The van der Waals surface area contributed by atoms with Crippen LogP contribution < -0.4 is 10.6 Å². The fourth-order valence-electron chi connectivity index (χ4n) is 1.63. The van der Waals surface area contributed by atoms with Crippen LogP contribution in [0.2, 0.25) is 5.02 Å². The molecular weight excluding hydrogens is 279 g/mol. The lowest BCUT2D eigenvalue weighted by atomic mass is 10.3. The number of aromatic nitrogens is 2. The summed E-state index contributed by atoms with van der Waals surface area (Å²) in [7, 11) is 0. The van der Waals surface area contributed by atoms with E-state index in [2.05, 4.69) is 27.5 Å². The highest BCUT2D eigenvalue weighted by atomic mass is 35.5. The van der Waals surface area contributed by atoms with Crippen LogP contribution in [0, 0.1) is 12.7 Å². The van der Waals surface area contributed by atoms with Gasteiger partial charge in [-0.15, -0.1) is 0 Å². The number of halogens is 2. The second-order valence-electron chi connectivity index (χ2n) is 4.37. The molecule has 0 radical (unpaired) electrons. The van der Waals surface area contributed by atoms with E-state index in [0.29, 0.717) is 16.8 Å². The van der Waals surface area contributed by atoms with Gasteiger partial charge in [-0.05, 0) is 25.5 Å². The van der Waals surface area contributed by atoms with E-state index < -0.39 is 5.82 Å². The summed E-state index contributed by atoms with van der Waals surface area (Å²) in [6, 6.07) is 4.53. The highest BCUT2D eigenvalue weighted by Gasteiger charge is 2.10. The Morgan fingerprint density at radius 1 is 1.35 bits per heavy atom. The minimum atomic E-state index is -0.418. The Labute approximate surface area is 122 Å². The number of hydrogen-bond acceptors (Lipinski definition) is 4. The molecule has 0 amide bonds. The lowest BCUT2D eigenvalue weighted by Crippen LogP contribution is -2.07. The summed E-state index contributed by atoms with van der Waals surface area (Å²) in [6.07, 6.45) is 2.65. The van der Waals surface area contributed by atoms with Crippen molar-refractivity contribution < 1.29 is 4.39 Å². The molecule has 0 aliphatic heterocycles. The third-order valence-electron chi connectivity index (χ3n) is 2.71. The molecule has 0 aliphatic carbocycles. The molecule has 0 bridgehead atoms. The molecule has 1 aromatic carbocycles. The van der Waals surface area contributed by atoms with Gasteiger partial charge < -0.3 is 10.6 Å². The molecule has 1 heterocycles. The maximum atomic E-state index is 13.8. The van der Waals surface area contributed by atoms with Crippen molar-refractivity contribution in [2.75, 3.05) is 17.2 Å². The van der Waals surface area contributed by atoms with E-state index in [1.165, 1.54) is 6.07 Å². The maximum Gasteiger partial charge on any atom is 0.224 e. The molecule has 0 atom stereocenters. The van der Waals surface area contributed by atoms with Gasteiger partial charge in [0.2, 0.25) is 5.95 Å². The Bertz CT molecular complexity index is 583. The molecular formula is C14H16ClFN4. The van der Waals surface area contributed by atoms with E-state index in [0.717, 1.165) is 18.5 Å². The molecule has 0 unspecified atom stereocenters. The first-order valence-electron chi connectivity index (χ1n) is 6.40. The van der Waals surface area contributed by atoms with Crippen molar-refractivity contribution in [3.63, 3.8) is 0 Å². The minimum Gasteiger partial charge on any atom is -0.354 e. The van der Waals surface area contributed by atoms with Crippen LogP contribution in [-0.4, -0.2) is 16.5 Å². The number of anilines is 3. The van der Waals surface area contributed by atoms with Gasteiger partial charge in [-0.2, -0.15) is 4.98 Å². The van der Waals surface area contributed by atoms with Crippen molar-refractivity contribution in [1.82, 2.24) is 9.97 Å². The highest BCUT2D eigenvalue weighted by molar-refractivity contribution is 6.33. The van der Waals surface area contributed by atoms with Crippen LogP contribution in [-0.2, 0) is 0 Å². The van der Waals surface area contributed by atoms with E-state index in [1.54, 1.807) is 18.3 Å². The average Bonchev–Trinajstić information content (AvgIpc) is 2.43. The molecule has 0 saturated heterocycles. The molecule has 2 aromatic rings. The summed E-state index contributed by atoms with van der Waals surface area (Å²) in [4.78, 5) is 8.50. The first-order chi connectivity index (χ1) is 9.61. The van der Waals surface area contributed by atoms with Crippen molar-refractivity contribution >= 4 is 29.1 Å². The van der Waals surface area contributed by atoms with Gasteiger partial charge in [0.05, 0.1) is 10.7 Å². The first-order valence-corrected chi connectivity index (χ1v) is 6.78. The fourth-order valence-corrected chi connectivity index (χ4v) is 1.84. The van der Waals surface area contributed by atoms with E-state index in [4.69, 9.17) is 11.6 Å². The molecule has 6 heteroatoms. The van der Waals surface area contributed by atoms with Gasteiger partial charge in [-0.25, -0.2) is 9.37 Å². The average molecular weight is 295 g/mol. The van der Waals surface area contributed by atoms with Crippen molar-refractivity contribution in [3.8, 4) is 0 Å². The number of para-hydroxylation sites is 1. The molecule has 4 nitrogen and oxygen atoms in total. The molecule has 0 spiro atoms. The zero-order valence-corrected chi connectivity index (χ0v) is 12.1. The van der Waals surface area contributed by atoms with Crippen LogP contribution in [0.15, 0.2) is 24.4 Å². The van der Waals surface area contributed by atoms with Gasteiger partial charge >= 0.3 is 0 Å². The number of nitrogens with one attached hydrogen (secondary N) is 2. The molecule has 0 aliphatic rings. The molecule has 106 valence electrons. The predicted molar refractivity (Wildman–Crippen MR) is 80.2 cm³/mol. The summed E-state index contributed by atoms with van der Waals surface area (Å²) >= 11 is 5.99. The molecule has 2 N–H and O–H groups in total. The number of hydrogen-bond donors (Lipinski definition) is 2. The Kier molecular flexibility index (Phi) is 4.74. The molecule has 20 heavy (non-hydrogen) atoms. The Morgan fingerprint density at radius 2 is 2.15 bits per heavy atom. The predicted octanol–water partition coefficient (Wildman–Crippen LogP) is 4.14. The van der Waals surface area contributed by atoms with Crippen LogP contribution in [0.4, 0.5) is 21.8 Å². The summed E-state index contributed by atoms with van der Waals surface area (Å²) in [5.74, 6) is 0.622. The summed E-state index contributed by atoms with van der Waals surface area (Å²) in [5, 5.41) is 6.33. The fraction of sp³-hybridized carbons (Fsp3) is 0.286. The molecule has 0 fully saturated rings. The van der Waals surface area contributed by atoms with Gasteiger partial charge in [-0.3, -0.25) is 0 Å².